The monoisotopic (exact) mass is 433 g/mol. The van der Waals surface area contributed by atoms with Gasteiger partial charge in [-0.3, -0.25) is 24.6 Å². The lowest BCUT2D eigenvalue weighted by atomic mass is 9.95. The molecule has 0 aliphatic carbocycles. The van der Waals surface area contributed by atoms with Crippen molar-refractivity contribution in [1.82, 2.24) is 4.98 Å². The summed E-state index contributed by atoms with van der Waals surface area (Å²) < 4.78 is 0. The number of carbonyl (C=O) groups excluding carboxylic acids is 2. The molecule has 2 heterocycles. The van der Waals surface area contributed by atoms with E-state index in [1.165, 1.54) is 52.8 Å². The summed E-state index contributed by atoms with van der Waals surface area (Å²) in [6.45, 7) is 0. The molecule has 0 spiro atoms. The Kier molecular flexibility index (Phi) is 5.42. The number of nitro groups is 1. The third-order valence-electron chi connectivity index (χ3n) is 4.75. The molecular formula is C22H15N3O5S. The average molecular weight is 433 g/mol. The van der Waals surface area contributed by atoms with Gasteiger partial charge in [0, 0.05) is 23.7 Å². The number of rotatable bonds is 6. The highest BCUT2D eigenvalue weighted by Crippen LogP contribution is 2.42. The predicted molar refractivity (Wildman–Crippen MR) is 116 cm³/mol. The van der Waals surface area contributed by atoms with Crippen LogP contribution >= 0.6 is 11.3 Å². The van der Waals surface area contributed by atoms with Crippen molar-refractivity contribution in [2.45, 2.75) is 6.04 Å². The smallest absolute Gasteiger partial charge is 0.296 e. The first-order chi connectivity index (χ1) is 15.0. The molecule has 154 valence electrons. The summed E-state index contributed by atoms with van der Waals surface area (Å²) in [6.07, 6.45) is 4.39. The van der Waals surface area contributed by atoms with Crippen LogP contribution in [0.25, 0.3) is 6.08 Å². The van der Waals surface area contributed by atoms with Crippen molar-refractivity contribution >= 4 is 39.9 Å². The number of hydrogen-bond acceptors (Lipinski definition) is 7. The lowest BCUT2D eigenvalue weighted by molar-refractivity contribution is -0.384. The average Bonchev–Trinajstić information content (AvgIpc) is 3.40. The Bertz CT molecular complexity index is 1200. The molecule has 0 bridgehead atoms. The van der Waals surface area contributed by atoms with Crippen molar-refractivity contribution in [3.63, 3.8) is 0 Å². The minimum atomic E-state index is -0.965. The highest BCUT2D eigenvalue weighted by atomic mass is 32.1. The number of anilines is 1. The van der Waals surface area contributed by atoms with Gasteiger partial charge in [0.15, 0.2) is 16.7 Å². The largest absolute Gasteiger partial charge is 0.503 e. The first kappa shape index (κ1) is 20.2. The van der Waals surface area contributed by atoms with Crippen LogP contribution in [0.1, 0.15) is 17.2 Å². The second kappa shape index (κ2) is 8.33. The fraction of sp³-hybridized carbons (Fsp3) is 0.0455. The number of nitrogens with zero attached hydrogens (tertiary/aromatic N) is 3. The molecule has 0 saturated carbocycles. The molecular weight excluding hydrogens is 418 g/mol. The number of non-ortho nitro benzene ring substituents is 1. The molecule has 1 aliphatic rings. The lowest BCUT2D eigenvalue weighted by Crippen LogP contribution is -2.30. The van der Waals surface area contributed by atoms with E-state index in [1.807, 2.05) is 30.3 Å². The summed E-state index contributed by atoms with van der Waals surface area (Å²) in [4.78, 5) is 41.7. The third-order valence-corrected chi connectivity index (χ3v) is 5.52. The minimum absolute atomic E-state index is 0.110. The van der Waals surface area contributed by atoms with Crippen molar-refractivity contribution in [2.24, 2.45) is 0 Å². The maximum atomic E-state index is 13.0. The Hall–Kier alpha value is -4.11. The molecule has 0 saturated heterocycles. The lowest BCUT2D eigenvalue weighted by Gasteiger charge is -2.24. The maximum absolute atomic E-state index is 13.0. The number of aromatic nitrogens is 1. The van der Waals surface area contributed by atoms with Crippen LogP contribution in [0.5, 0.6) is 0 Å². The van der Waals surface area contributed by atoms with Crippen LogP contribution in [-0.4, -0.2) is 26.7 Å². The molecule has 1 amide bonds. The zero-order valence-corrected chi connectivity index (χ0v) is 16.7. The van der Waals surface area contributed by atoms with E-state index in [9.17, 15) is 24.8 Å². The van der Waals surface area contributed by atoms with Gasteiger partial charge in [0.25, 0.3) is 11.6 Å². The quantitative estimate of drug-likeness (QED) is 0.353. The molecule has 1 unspecified atom stereocenters. The van der Waals surface area contributed by atoms with Crippen molar-refractivity contribution in [2.75, 3.05) is 4.90 Å². The Morgan fingerprint density at radius 2 is 1.87 bits per heavy atom. The predicted octanol–water partition coefficient (Wildman–Crippen LogP) is 4.23. The van der Waals surface area contributed by atoms with E-state index in [2.05, 4.69) is 4.98 Å². The Morgan fingerprint density at radius 1 is 1.16 bits per heavy atom. The maximum Gasteiger partial charge on any atom is 0.296 e. The second-order valence-corrected chi connectivity index (χ2v) is 7.48. The van der Waals surface area contributed by atoms with E-state index in [0.29, 0.717) is 10.7 Å². The van der Waals surface area contributed by atoms with E-state index in [4.69, 9.17) is 0 Å². The molecule has 3 aromatic rings. The topological polar surface area (TPSA) is 114 Å². The summed E-state index contributed by atoms with van der Waals surface area (Å²) in [5.41, 5.74) is 0.985. The molecule has 0 radical (unpaired) electrons. The molecule has 9 heteroatoms. The number of ketones is 1. The fourth-order valence-electron chi connectivity index (χ4n) is 3.31. The molecule has 31 heavy (non-hydrogen) atoms. The van der Waals surface area contributed by atoms with Gasteiger partial charge in [0.1, 0.15) is 0 Å². The number of amides is 1. The zero-order valence-electron chi connectivity index (χ0n) is 15.9. The standard InChI is InChI=1S/C22H15N3O5S/c26-17(11-6-14-4-2-1-3-5-14)18-19(15-7-9-16(10-8-15)25(29)30)24(21(28)20(18)27)22-23-12-13-31-22/h1-13,19,27H. The number of aliphatic hydroxyl groups excluding tert-OH is 1. The highest BCUT2D eigenvalue weighted by Gasteiger charge is 2.44. The van der Waals surface area contributed by atoms with Gasteiger partial charge in [0.05, 0.1) is 16.5 Å². The number of allylic oxidation sites excluding steroid dienone is 1. The number of carbonyl (C=O) groups is 2. The number of aliphatic hydroxyl groups is 1. The van der Waals surface area contributed by atoms with Crippen LogP contribution in [-0.2, 0) is 9.59 Å². The van der Waals surface area contributed by atoms with Crippen LogP contribution in [0.3, 0.4) is 0 Å². The third kappa shape index (κ3) is 3.86. The van der Waals surface area contributed by atoms with Gasteiger partial charge in [0.2, 0.25) is 0 Å². The van der Waals surface area contributed by atoms with E-state index in [-0.39, 0.29) is 11.3 Å². The Morgan fingerprint density at radius 3 is 2.48 bits per heavy atom. The van der Waals surface area contributed by atoms with Crippen molar-refractivity contribution in [3.05, 3.63) is 105 Å². The summed E-state index contributed by atoms with van der Waals surface area (Å²) in [7, 11) is 0. The SMILES string of the molecule is O=C(C=Cc1ccccc1)C1=C(O)C(=O)N(c2nccs2)C1c1ccc([N+](=O)[O-])cc1. The van der Waals surface area contributed by atoms with E-state index in [1.54, 1.807) is 11.5 Å². The van der Waals surface area contributed by atoms with Gasteiger partial charge in [-0.15, -0.1) is 11.3 Å². The van der Waals surface area contributed by atoms with Gasteiger partial charge < -0.3 is 5.11 Å². The van der Waals surface area contributed by atoms with Crippen molar-refractivity contribution in [1.29, 1.82) is 0 Å². The van der Waals surface area contributed by atoms with Gasteiger partial charge in [-0.05, 0) is 29.3 Å². The van der Waals surface area contributed by atoms with Crippen LogP contribution in [0.4, 0.5) is 10.8 Å². The van der Waals surface area contributed by atoms with Gasteiger partial charge in [-0.1, -0.05) is 36.4 Å². The summed E-state index contributed by atoms with van der Waals surface area (Å²) in [5.74, 6) is -1.96. The van der Waals surface area contributed by atoms with E-state index >= 15 is 0 Å². The molecule has 1 atom stereocenters. The molecule has 1 N–H and O–H groups in total. The number of hydrogen-bond donors (Lipinski definition) is 1. The van der Waals surface area contributed by atoms with E-state index in [0.717, 1.165) is 5.56 Å². The van der Waals surface area contributed by atoms with Gasteiger partial charge >= 0.3 is 0 Å². The second-order valence-electron chi connectivity index (χ2n) is 6.61. The minimum Gasteiger partial charge on any atom is -0.503 e. The number of benzene rings is 2. The molecule has 0 fully saturated rings. The van der Waals surface area contributed by atoms with E-state index < -0.39 is 28.4 Å². The Labute approximate surface area is 180 Å². The molecule has 4 rings (SSSR count). The van der Waals surface area contributed by atoms with Crippen LogP contribution in [0.15, 0.2) is 83.6 Å². The van der Waals surface area contributed by atoms with Crippen LogP contribution < -0.4 is 4.90 Å². The normalized spacial score (nSPS) is 16.3. The summed E-state index contributed by atoms with van der Waals surface area (Å²) >= 11 is 1.18. The summed E-state index contributed by atoms with van der Waals surface area (Å²) in [5, 5.41) is 23.5. The zero-order chi connectivity index (χ0) is 22.0. The molecule has 1 aliphatic heterocycles. The van der Waals surface area contributed by atoms with Crippen LogP contribution in [0, 0.1) is 10.1 Å². The first-order valence-corrected chi connectivity index (χ1v) is 10.0. The Balaban J connectivity index is 1.77. The van der Waals surface area contributed by atoms with Crippen LogP contribution in [0.2, 0.25) is 0 Å². The number of thiazole rings is 1. The molecule has 2 aromatic carbocycles. The van der Waals surface area contributed by atoms with Crippen molar-refractivity contribution < 1.29 is 19.6 Å². The number of nitro benzene ring substituents is 1. The molecule has 8 nitrogen and oxygen atoms in total. The van der Waals surface area contributed by atoms with Gasteiger partial charge in [-0.25, -0.2) is 4.98 Å². The van der Waals surface area contributed by atoms with Gasteiger partial charge in [-0.2, -0.15) is 0 Å². The molecule has 1 aromatic heterocycles. The van der Waals surface area contributed by atoms with Crippen molar-refractivity contribution in [3.8, 4) is 0 Å². The summed E-state index contributed by atoms with van der Waals surface area (Å²) in [6, 6.07) is 13.7. The fourth-order valence-corrected chi connectivity index (χ4v) is 3.98. The highest BCUT2D eigenvalue weighted by molar-refractivity contribution is 7.13. The first-order valence-electron chi connectivity index (χ1n) is 9.15.